The zero-order chi connectivity index (χ0) is 16.7. The van der Waals surface area contributed by atoms with Crippen molar-refractivity contribution in [3.63, 3.8) is 0 Å². The van der Waals surface area contributed by atoms with Crippen molar-refractivity contribution in [2.75, 3.05) is 0 Å². The molecule has 4 rings (SSSR count). The molecule has 0 aliphatic rings. The van der Waals surface area contributed by atoms with Gasteiger partial charge in [0.05, 0.1) is 29.6 Å². The molecular formula is C20H19N3S. The van der Waals surface area contributed by atoms with Crippen LogP contribution in [0.5, 0.6) is 0 Å². The van der Waals surface area contributed by atoms with E-state index >= 15 is 0 Å². The SMILES string of the molecule is Cc1cc2ncn(Cc3sc(-c4ccccc4)nc3C)c2cc1C. The number of fused-ring (bicyclic) bond motifs is 1. The number of thiazole rings is 1. The minimum Gasteiger partial charge on any atom is -0.325 e. The normalized spacial score (nSPS) is 11.3. The molecule has 120 valence electrons. The van der Waals surface area contributed by atoms with Gasteiger partial charge in [0.15, 0.2) is 0 Å². The Morgan fingerprint density at radius 1 is 1.00 bits per heavy atom. The number of imidazole rings is 1. The van der Waals surface area contributed by atoms with Gasteiger partial charge in [-0.05, 0) is 44.0 Å². The number of nitrogens with zero attached hydrogens (tertiary/aromatic N) is 3. The van der Waals surface area contributed by atoms with Gasteiger partial charge in [-0.3, -0.25) is 0 Å². The fraction of sp³-hybridized carbons (Fsp3) is 0.200. The number of aromatic nitrogens is 3. The van der Waals surface area contributed by atoms with Crippen molar-refractivity contribution in [1.29, 1.82) is 0 Å². The third-order valence-electron chi connectivity index (χ3n) is 4.46. The summed E-state index contributed by atoms with van der Waals surface area (Å²) in [6.45, 7) is 7.19. The number of hydrogen-bond acceptors (Lipinski definition) is 3. The summed E-state index contributed by atoms with van der Waals surface area (Å²) in [4.78, 5) is 10.6. The van der Waals surface area contributed by atoms with Crippen molar-refractivity contribution >= 4 is 22.4 Å². The second-order valence-electron chi connectivity index (χ2n) is 6.19. The van der Waals surface area contributed by atoms with Gasteiger partial charge in [0.1, 0.15) is 5.01 Å². The van der Waals surface area contributed by atoms with Gasteiger partial charge in [-0.25, -0.2) is 9.97 Å². The minimum atomic E-state index is 0.815. The lowest BCUT2D eigenvalue weighted by atomic mass is 10.1. The molecule has 0 amide bonds. The Bertz CT molecular complexity index is 1010. The molecule has 0 N–H and O–H groups in total. The van der Waals surface area contributed by atoms with Crippen LogP contribution < -0.4 is 0 Å². The fourth-order valence-corrected chi connectivity index (χ4v) is 3.94. The molecule has 0 saturated carbocycles. The van der Waals surface area contributed by atoms with E-state index in [2.05, 4.69) is 66.7 Å². The van der Waals surface area contributed by atoms with E-state index in [9.17, 15) is 0 Å². The van der Waals surface area contributed by atoms with Crippen molar-refractivity contribution in [2.24, 2.45) is 0 Å². The van der Waals surface area contributed by atoms with Crippen LogP contribution in [0.1, 0.15) is 21.7 Å². The van der Waals surface area contributed by atoms with Crippen LogP contribution in [0.25, 0.3) is 21.6 Å². The van der Waals surface area contributed by atoms with E-state index in [0.29, 0.717) is 0 Å². The molecule has 0 aliphatic carbocycles. The van der Waals surface area contributed by atoms with E-state index in [0.717, 1.165) is 22.8 Å². The first-order valence-corrected chi connectivity index (χ1v) is 8.87. The molecule has 0 saturated heterocycles. The highest BCUT2D eigenvalue weighted by Gasteiger charge is 2.12. The summed E-state index contributed by atoms with van der Waals surface area (Å²) in [5.41, 5.74) is 7.11. The molecule has 0 bridgehead atoms. The summed E-state index contributed by atoms with van der Waals surface area (Å²) >= 11 is 1.77. The molecule has 0 radical (unpaired) electrons. The zero-order valence-corrected chi connectivity index (χ0v) is 14.9. The van der Waals surface area contributed by atoms with Crippen LogP contribution in [-0.2, 0) is 6.54 Å². The third-order valence-corrected chi connectivity index (χ3v) is 5.66. The van der Waals surface area contributed by atoms with E-state index in [1.54, 1.807) is 11.3 Å². The van der Waals surface area contributed by atoms with Gasteiger partial charge in [-0.1, -0.05) is 30.3 Å². The molecule has 4 heteroatoms. The van der Waals surface area contributed by atoms with Gasteiger partial charge >= 0.3 is 0 Å². The lowest BCUT2D eigenvalue weighted by Crippen LogP contribution is -1.98. The standard InChI is InChI=1S/C20H19N3S/c1-13-9-17-18(10-14(13)2)23(12-21-17)11-19-15(3)22-20(24-19)16-7-5-4-6-8-16/h4-10,12H,11H2,1-3H3. The lowest BCUT2D eigenvalue weighted by molar-refractivity contribution is 0.829. The van der Waals surface area contributed by atoms with Gasteiger partial charge < -0.3 is 4.57 Å². The van der Waals surface area contributed by atoms with Crippen LogP contribution in [0, 0.1) is 20.8 Å². The monoisotopic (exact) mass is 333 g/mol. The molecule has 2 aromatic carbocycles. The molecule has 4 aromatic rings. The summed E-state index contributed by atoms with van der Waals surface area (Å²) in [6, 6.07) is 14.8. The number of rotatable bonds is 3. The van der Waals surface area contributed by atoms with E-state index in [1.165, 1.54) is 27.1 Å². The number of hydrogen-bond donors (Lipinski definition) is 0. The van der Waals surface area contributed by atoms with Crippen LogP contribution in [0.15, 0.2) is 48.8 Å². The smallest absolute Gasteiger partial charge is 0.123 e. The first-order chi connectivity index (χ1) is 11.6. The minimum absolute atomic E-state index is 0.815. The highest BCUT2D eigenvalue weighted by molar-refractivity contribution is 7.15. The molecule has 0 aliphatic heterocycles. The van der Waals surface area contributed by atoms with Crippen LogP contribution in [0.3, 0.4) is 0 Å². The Morgan fingerprint density at radius 3 is 2.54 bits per heavy atom. The first kappa shape index (κ1) is 15.1. The van der Waals surface area contributed by atoms with Crippen molar-refractivity contribution < 1.29 is 0 Å². The largest absolute Gasteiger partial charge is 0.325 e. The number of aryl methyl sites for hydroxylation is 3. The van der Waals surface area contributed by atoms with Crippen molar-refractivity contribution in [2.45, 2.75) is 27.3 Å². The highest BCUT2D eigenvalue weighted by Crippen LogP contribution is 2.29. The average Bonchev–Trinajstić information content (AvgIpc) is 3.14. The first-order valence-electron chi connectivity index (χ1n) is 8.05. The second kappa shape index (κ2) is 5.87. The zero-order valence-electron chi connectivity index (χ0n) is 14.1. The van der Waals surface area contributed by atoms with E-state index in [-0.39, 0.29) is 0 Å². The van der Waals surface area contributed by atoms with Crippen LogP contribution in [-0.4, -0.2) is 14.5 Å². The fourth-order valence-electron chi connectivity index (χ4n) is 2.87. The molecule has 3 nitrogen and oxygen atoms in total. The van der Waals surface area contributed by atoms with Crippen molar-refractivity contribution in [3.8, 4) is 10.6 Å². The maximum atomic E-state index is 4.76. The topological polar surface area (TPSA) is 30.7 Å². The molecule has 0 fully saturated rings. The van der Waals surface area contributed by atoms with Crippen molar-refractivity contribution in [3.05, 3.63) is 70.5 Å². The van der Waals surface area contributed by atoms with E-state index < -0.39 is 0 Å². The second-order valence-corrected chi connectivity index (χ2v) is 7.27. The highest BCUT2D eigenvalue weighted by atomic mass is 32.1. The summed E-state index contributed by atoms with van der Waals surface area (Å²) in [7, 11) is 0. The Morgan fingerprint density at radius 2 is 1.75 bits per heavy atom. The van der Waals surface area contributed by atoms with Gasteiger partial charge in [-0.2, -0.15) is 0 Å². The Kier molecular flexibility index (Phi) is 3.69. The summed E-state index contributed by atoms with van der Waals surface area (Å²) in [5, 5.41) is 1.08. The van der Waals surface area contributed by atoms with Crippen LogP contribution >= 0.6 is 11.3 Å². The number of benzene rings is 2. The van der Waals surface area contributed by atoms with E-state index in [4.69, 9.17) is 4.98 Å². The lowest BCUT2D eigenvalue weighted by Gasteiger charge is -2.05. The summed E-state index contributed by atoms with van der Waals surface area (Å²) in [6.07, 6.45) is 1.94. The summed E-state index contributed by atoms with van der Waals surface area (Å²) in [5.74, 6) is 0. The van der Waals surface area contributed by atoms with Gasteiger partial charge in [0.25, 0.3) is 0 Å². The Labute approximate surface area is 145 Å². The molecule has 0 atom stereocenters. The Balaban J connectivity index is 1.71. The van der Waals surface area contributed by atoms with E-state index in [1.807, 2.05) is 12.4 Å². The molecule has 2 heterocycles. The third kappa shape index (κ3) is 2.63. The van der Waals surface area contributed by atoms with Crippen LogP contribution in [0.2, 0.25) is 0 Å². The van der Waals surface area contributed by atoms with Gasteiger partial charge in [0, 0.05) is 10.4 Å². The Hall–Kier alpha value is -2.46. The summed E-state index contributed by atoms with van der Waals surface area (Å²) < 4.78 is 2.22. The molecule has 24 heavy (non-hydrogen) atoms. The maximum absolute atomic E-state index is 4.76. The quantitative estimate of drug-likeness (QED) is 0.520. The predicted octanol–water partition coefficient (Wildman–Crippen LogP) is 5.13. The predicted molar refractivity (Wildman–Crippen MR) is 101 cm³/mol. The van der Waals surface area contributed by atoms with Gasteiger partial charge in [0.2, 0.25) is 0 Å². The maximum Gasteiger partial charge on any atom is 0.123 e. The van der Waals surface area contributed by atoms with Gasteiger partial charge in [-0.15, -0.1) is 11.3 Å². The molecule has 2 aromatic heterocycles. The average molecular weight is 333 g/mol. The molecule has 0 spiro atoms. The molecular weight excluding hydrogens is 314 g/mol. The molecule has 0 unspecified atom stereocenters. The van der Waals surface area contributed by atoms with Crippen molar-refractivity contribution in [1.82, 2.24) is 14.5 Å². The van der Waals surface area contributed by atoms with Crippen LogP contribution in [0.4, 0.5) is 0 Å².